The van der Waals surface area contributed by atoms with E-state index >= 15 is 0 Å². The molecule has 4 aliphatic rings. The lowest BCUT2D eigenvalue weighted by atomic mass is 9.47. The zero-order valence-corrected chi connectivity index (χ0v) is 19.1. The van der Waals surface area contributed by atoms with E-state index in [1.54, 1.807) is 0 Å². The van der Waals surface area contributed by atoms with Gasteiger partial charge in [-0.3, -0.25) is 9.59 Å². The van der Waals surface area contributed by atoms with Crippen LogP contribution >= 0.6 is 0 Å². The summed E-state index contributed by atoms with van der Waals surface area (Å²) in [5, 5.41) is 2.79. The van der Waals surface area contributed by atoms with Gasteiger partial charge in [0.15, 0.2) is 0 Å². The molecular formula is C26H36N2O3. The molecule has 5 heteroatoms. The number of para-hydroxylation sites is 2. The summed E-state index contributed by atoms with van der Waals surface area (Å²) in [6, 6.07) is 8.18. The van der Waals surface area contributed by atoms with Gasteiger partial charge in [0, 0.05) is 24.9 Å². The van der Waals surface area contributed by atoms with Crippen molar-refractivity contribution in [1.82, 2.24) is 4.90 Å². The van der Waals surface area contributed by atoms with Gasteiger partial charge in [0.1, 0.15) is 11.9 Å². The monoisotopic (exact) mass is 424 g/mol. The molecule has 31 heavy (non-hydrogen) atoms. The largest absolute Gasteiger partial charge is 0.488 e. The summed E-state index contributed by atoms with van der Waals surface area (Å²) in [5.41, 5.74) is 1.18. The highest BCUT2D eigenvalue weighted by atomic mass is 16.5. The van der Waals surface area contributed by atoms with Crippen LogP contribution in [-0.4, -0.2) is 36.4 Å². The fourth-order valence-electron chi connectivity index (χ4n) is 8.20. The third-order valence-electron chi connectivity index (χ3n) is 9.84. The van der Waals surface area contributed by atoms with Crippen LogP contribution in [0.15, 0.2) is 24.3 Å². The van der Waals surface area contributed by atoms with Crippen LogP contribution in [0.2, 0.25) is 0 Å². The Bertz CT molecular complexity index is 872. The first-order valence-corrected chi connectivity index (χ1v) is 12.1. The number of nitrogens with zero attached hydrogens (tertiary/aromatic N) is 1. The Morgan fingerprint density at radius 3 is 2.61 bits per heavy atom. The summed E-state index contributed by atoms with van der Waals surface area (Å²) in [4.78, 5) is 25.4. The second-order valence-corrected chi connectivity index (χ2v) is 11.0. The van der Waals surface area contributed by atoms with E-state index in [0.717, 1.165) is 43.0 Å². The molecule has 3 aliphatic carbocycles. The predicted molar refractivity (Wildman–Crippen MR) is 121 cm³/mol. The van der Waals surface area contributed by atoms with Crippen molar-refractivity contribution in [2.75, 3.05) is 12.4 Å². The van der Waals surface area contributed by atoms with Crippen molar-refractivity contribution < 1.29 is 14.3 Å². The summed E-state index contributed by atoms with van der Waals surface area (Å²) >= 11 is 0. The highest BCUT2D eigenvalue weighted by molar-refractivity contribution is 5.77. The normalized spacial score (nSPS) is 41.7. The van der Waals surface area contributed by atoms with E-state index in [4.69, 9.17) is 4.74 Å². The van der Waals surface area contributed by atoms with Gasteiger partial charge in [-0.2, -0.15) is 0 Å². The van der Waals surface area contributed by atoms with Gasteiger partial charge in [0.25, 0.3) is 0 Å². The Hall–Kier alpha value is -2.04. The number of hydrogen-bond donors (Lipinski definition) is 1. The van der Waals surface area contributed by atoms with Gasteiger partial charge in [-0.05, 0) is 80.2 Å². The molecule has 1 aliphatic heterocycles. The van der Waals surface area contributed by atoms with Crippen LogP contribution in [0.5, 0.6) is 5.75 Å². The molecule has 1 N–H and O–H groups in total. The van der Waals surface area contributed by atoms with Crippen LogP contribution in [0, 0.1) is 28.6 Å². The van der Waals surface area contributed by atoms with Gasteiger partial charge in [-0.1, -0.05) is 26.0 Å². The van der Waals surface area contributed by atoms with E-state index in [9.17, 15) is 9.59 Å². The number of nitrogens with one attached hydrogen (secondary N) is 1. The Morgan fingerprint density at radius 2 is 1.81 bits per heavy atom. The quantitative estimate of drug-likeness (QED) is 0.702. The summed E-state index contributed by atoms with van der Waals surface area (Å²) < 4.78 is 6.60. The fraction of sp³-hybridized carbons (Fsp3) is 0.692. The van der Waals surface area contributed by atoms with Gasteiger partial charge < -0.3 is 15.0 Å². The Kier molecular flexibility index (Phi) is 5.06. The molecule has 5 rings (SSSR count). The molecule has 7 atom stereocenters. The van der Waals surface area contributed by atoms with Gasteiger partial charge in [-0.15, -0.1) is 0 Å². The summed E-state index contributed by atoms with van der Waals surface area (Å²) in [5.74, 6) is 3.24. The van der Waals surface area contributed by atoms with Crippen LogP contribution in [0.3, 0.4) is 0 Å². The molecule has 5 nitrogen and oxygen atoms in total. The van der Waals surface area contributed by atoms with Crippen molar-refractivity contribution in [3.8, 4) is 5.75 Å². The van der Waals surface area contributed by atoms with Crippen molar-refractivity contribution in [2.45, 2.75) is 77.4 Å². The lowest BCUT2D eigenvalue weighted by Gasteiger charge is -2.61. The molecule has 0 radical (unpaired) electrons. The third-order valence-corrected chi connectivity index (χ3v) is 9.84. The molecule has 2 amide bonds. The molecule has 0 spiro atoms. The second kappa shape index (κ2) is 7.53. The van der Waals surface area contributed by atoms with Crippen LogP contribution in [-0.2, 0) is 9.59 Å². The number of hydrogen-bond acceptors (Lipinski definition) is 3. The topological polar surface area (TPSA) is 58.6 Å². The Balaban J connectivity index is 1.38. The van der Waals surface area contributed by atoms with Crippen molar-refractivity contribution >= 4 is 18.0 Å². The molecule has 1 aromatic rings. The summed E-state index contributed by atoms with van der Waals surface area (Å²) in [6.45, 7) is 4.93. The van der Waals surface area contributed by atoms with E-state index < -0.39 is 0 Å². The predicted octanol–water partition coefficient (Wildman–Crippen LogP) is 4.87. The maximum Gasteiger partial charge on any atom is 0.222 e. The zero-order valence-electron chi connectivity index (χ0n) is 19.1. The minimum atomic E-state index is 0.176. The first kappa shape index (κ1) is 20.8. The molecule has 0 bridgehead atoms. The number of rotatable bonds is 4. The SMILES string of the molecule is CN1C(=O)CC[C@@]2(C)C1CC[C@@H]1[C@H]2CC[C@]2(C)C(Oc3ccccc3NC=O)CC[C@@H]12. The average Bonchev–Trinajstić information content (AvgIpc) is 3.09. The number of amides is 2. The first-order chi connectivity index (χ1) is 14.9. The first-order valence-electron chi connectivity index (χ1n) is 12.1. The van der Waals surface area contributed by atoms with E-state index in [0.29, 0.717) is 30.2 Å². The number of carbonyl (C=O) groups is 2. The van der Waals surface area contributed by atoms with Crippen LogP contribution in [0.25, 0.3) is 0 Å². The number of anilines is 1. The minimum Gasteiger partial charge on any atom is -0.488 e. The Morgan fingerprint density at radius 1 is 1.03 bits per heavy atom. The second-order valence-electron chi connectivity index (χ2n) is 11.0. The molecule has 168 valence electrons. The standard InChI is InChI=1S/C26H36N2O3/c1-25-15-13-24(30)28(3)22(25)10-8-17-18-9-11-23(26(18,2)14-12-19(17)25)31-21-7-5-4-6-20(21)27-16-29/h4-7,16-19,22-23H,8-15H2,1-3H3,(H,27,29)/t17-,18-,19+,22?,23?,25+,26-/m0/s1. The summed E-state index contributed by atoms with van der Waals surface area (Å²) in [7, 11) is 2.03. The van der Waals surface area contributed by atoms with E-state index in [2.05, 4.69) is 24.1 Å². The number of carbonyl (C=O) groups excluding carboxylic acids is 2. The lowest BCUT2D eigenvalue weighted by molar-refractivity contribution is -0.159. The molecule has 1 saturated heterocycles. The van der Waals surface area contributed by atoms with Gasteiger partial charge in [0.2, 0.25) is 12.3 Å². The molecule has 1 aromatic carbocycles. The number of fused-ring (bicyclic) bond motifs is 5. The number of ether oxygens (including phenoxy) is 1. The van der Waals surface area contributed by atoms with Crippen molar-refractivity contribution in [3.05, 3.63) is 24.3 Å². The van der Waals surface area contributed by atoms with Crippen LogP contribution in [0.4, 0.5) is 5.69 Å². The number of piperidine rings is 1. The van der Waals surface area contributed by atoms with Gasteiger partial charge in [0.05, 0.1) is 5.69 Å². The van der Waals surface area contributed by atoms with Crippen molar-refractivity contribution in [3.63, 3.8) is 0 Å². The van der Waals surface area contributed by atoms with Gasteiger partial charge in [-0.25, -0.2) is 0 Å². The average molecular weight is 425 g/mol. The maximum absolute atomic E-state index is 12.4. The Labute approximate surface area is 185 Å². The van der Waals surface area contributed by atoms with Gasteiger partial charge >= 0.3 is 0 Å². The van der Waals surface area contributed by atoms with Crippen LogP contribution < -0.4 is 10.1 Å². The molecule has 3 saturated carbocycles. The highest BCUT2D eigenvalue weighted by Crippen LogP contribution is 2.65. The van der Waals surface area contributed by atoms with E-state index in [-0.39, 0.29) is 16.9 Å². The molecule has 0 aromatic heterocycles. The zero-order chi connectivity index (χ0) is 21.8. The smallest absolute Gasteiger partial charge is 0.222 e. The molecule has 4 fully saturated rings. The summed E-state index contributed by atoms with van der Waals surface area (Å²) in [6.07, 6.45) is 9.78. The lowest BCUT2D eigenvalue weighted by Crippen LogP contribution is -2.61. The maximum atomic E-state index is 12.4. The highest BCUT2D eigenvalue weighted by Gasteiger charge is 2.61. The van der Waals surface area contributed by atoms with Crippen molar-refractivity contribution in [2.24, 2.45) is 28.6 Å². The number of likely N-dealkylation sites (tertiary alicyclic amines) is 1. The molecular weight excluding hydrogens is 388 g/mol. The van der Waals surface area contributed by atoms with Crippen molar-refractivity contribution in [1.29, 1.82) is 0 Å². The third kappa shape index (κ3) is 3.10. The molecule has 2 unspecified atom stereocenters. The van der Waals surface area contributed by atoms with E-state index in [1.807, 2.05) is 31.3 Å². The molecule has 1 heterocycles. The van der Waals surface area contributed by atoms with Crippen LogP contribution in [0.1, 0.15) is 65.2 Å². The minimum absolute atomic E-state index is 0.176. The number of benzene rings is 1. The fourth-order valence-corrected chi connectivity index (χ4v) is 8.20. The van der Waals surface area contributed by atoms with E-state index in [1.165, 1.54) is 25.7 Å².